The third-order valence-corrected chi connectivity index (χ3v) is 3.64. The Labute approximate surface area is 100 Å². The predicted octanol–water partition coefficient (Wildman–Crippen LogP) is 3.08. The van der Waals surface area contributed by atoms with Crippen molar-refractivity contribution in [3.05, 3.63) is 52.0 Å². The van der Waals surface area contributed by atoms with Crippen molar-refractivity contribution in [1.29, 1.82) is 0 Å². The van der Waals surface area contributed by atoms with E-state index in [1.54, 1.807) is 11.3 Å². The second kappa shape index (κ2) is 5.23. The molecule has 0 bridgehead atoms. The highest BCUT2D eigenvalue weighted by molar-refractivity contribution is 7.09. The molecule has 16 heavy (non-hydrogen) atoms. The zero-order chi connectivity index (χ0) is 11.4. The summed E-state index contributed by atoms with van der Waals surface area (Å²) < 4.78 is 0. The van der Waals surface area contributed by atoms with Crippen LogP contribution in [0, 0.1) is 6.92 Å². The maximum absolute atomic E-state index is 6.10. The molecule has 2 aromatic rings. The van der Waals surface area contributed by atoms with Crippen molar-refractivity contribution in [3.8, 4) is 0 Å². The monoisotopic (exact) mass is 232 g/mol. The highest BCUT2D eigenvalue weighted by Crippen LogP contribution is 2.20. The normalized spacial score (nSPS) is 12.6. The van der Waals surface area contributed by atoms with Crippen LogP contribution in [0.15, 0.2) is 35.7 Å². The molecule has 3 heteroatoms. The van der Waals surface area contributed by atoms with E-state index in [-0.39, 0.29) is 6.04 Å². The molecule has 0 aliphatic rings. The lowest BCUT2D eigenvalue weighted by molar-refractivity contribution is 0.646. The van der Waals surface area contributed by atoms with Gasteiger partial charge in [0.05, 0.1) is 6.04 Å². The van der Waals surface area contributed by atoms with E-state index in [9.17, 15) is 0 Å². The van der Waals surface area contributed by atoms with Gasteiger partial charge >= 0.3 is 0 Å². The number of nitrogens with two attached hydrogens (primary N) is 1. The van der Waals surface area contributed by atoms with Gasteiger partial charge in [-0.3, -0.25) is 0 Å². The molecule has 1 unspecified atom stereocenters. The number of nitrogens with zero attached hydrogens (tertiary/aromatic N) is 1. The Hall–Kier alpha value is -1.19. The van der Waals surface area contributed by atoms with Crippen LogP contribution in [-0.2, 0) is 6.42 Å². The van der Waals surface area contributed by atoms with Crippen molar-refractivity contribution < 1.29 is 0 Å². The fourth-order valence-electron chi connectivity index (χ4n) is 1.63. The van der Waals surface area contributed by atoms with Crippen molar-refractivity contribution in [1.82, 2.24) is 4.98 Å². The summed E-state index contributed by atoms with van der Waals surface area (Å²) in [7, 11) is 0. The number of aromatic nitrogens is 1. The Morgan fingerprint density at radius 3 is 2.69 bits per heavy atom. The lowest BCUT2D eigenvalue weighted by Crippen LogP contribution is -2.11. The number of aryl methyl sites for hydroxylation is 2. The molecule has 0 radical (unpaired) electrons. The summed E-state index contributed by atoms with van der Waals surface area (Å²) in [6.07, 6.45) is 1.97. The molecule has 2 N–H and O–H groups in total. The molecule has 0 amide bonds. The SMILES string of the molecule is Cc1csc(C(N)CCc2ccccc2)n1. The average molecular weight is 232 g/mol. The Kier molecular flexibility index (Phi) is 3.70. The van der Waals surface area contributed by atoms with Gasteiger partial charge in [0.15, 0.2) is 0 Å². The first-order valence-electron chi connectivity index (χ1n) is 5.47. The second-order valence-electron chi connectivity index (χ2n) is 3.96. The van der Waals surface area contributed by atoms with Gasteiger partial charge in [-0.15, -0.1) is 11.3 Å². The highest BCUT2D eigenvalue weighted by Gasteiger charge is 2.09. The van der Waals surface area contributed by atoms with Crippen molar-refractivity contribution >= 4 is 11.3 Å². The third kappa shape index (κ3) is 2.90. The summed E-state index contributed by atoms with van der Waals surface area (Å²) in [4.78, 5) is 4.42. The van der Waals surface area contributed by atoms with E-state index in [0.29, 0.717) is 0 Å². The number of thiazole rings is 1. The lowest BCUT2D eigenvalue weighted by atomic mass is 10.1. The van der Waals surface area contributed by atoms with E-state index < -0.39 is 0 Å². The molecule has 0 fully saturated rings. The van der Waals surface area contributed by atoms with Gasteiger partial charge in [0.1, 0.15) is 5.01 Å². The van der Waals surface area contributed by atoms with Gasteiger partial charge in [-0.2, -0.15) is 0 Å². The Morgan fingerprint density at radius 2 is 2.06 bits per heavy atom. The van der Waals surface area contributed by atoms with E-state index >= 15 is 0 Å². The molecule has 0 aliphatic carbocycles. The maximum atomic E-state index is 6.10. The Balaban J connectivity index is 1.91. The number of hydrogen-bond donors (Lipinski definition) is 1. The van der Waals surface area contributed by atoms with Gasteiger partial charge in [-0.1, -0.05) is 30.3 Å². The fourth-order valence-corrected chi connectivity index (χ4v) is 2.47. The van der Waals surface area contributed by atoms with Crippen LogP contribution in [0.2, 0.25) is 0 Å². The van der Waals surface area contributed by atoms with Crippen molar-refractivity contribution in [2.24, 2.45) is 5.73 Å². The van der Waals surface area contributed by atoms with Crippen LogP contribution in [0.25, 0.3) is 0 Å². The predicted molar refractivity (Wildman–Crippen MR) is 68.5 cm³/mol. The average Bonchev–Trinajstić information content (AvgIpc) is 2.74. The van der Waals surface area contributed by atoms with Gasteiger partial charge in [0.2, 0.25) is 0 Å². The van der Waals surface area contributed by atoms with Crippen LogP contribution < -0.4 is 5.73 Å². The summed E-state index contributed by atoms with van der Waals surface area (Å²) >= 11 is 1.66. The van der Waals surface area contributed by atoms with Gasteiger partial charge < -0.3 is 5.73 Å². The number of rotatable bonds is 4. The Bertz CT molecular complexity index is 436. The van der Waals surface area contributed by atoms with Gasteiger partial charge in [-0.25, -0.2) is 4.98 Å². The summed E-state index contributed by atoms with van der Waals surface area (Å²) in [6.45, 7) is 2.00. The zero-order valence-corrected chi connectivity index (χ0v) is 10.2. The molecule has 0 aliphatic heterocycles. The molecule has 1 aromatic heterocycles. The van der Waals surface area contributed by atoms with Crippen LogP contribution in [0.4, 0.5) is 0 Å². The van der Waals surface area contributed by atoms with Crippen LogP contribution in [0.1, 0.15) is 28.7 Å². The van der Waals surface area contributed by atoms with Crippen LogP contribution >= 0.6 is 11.3 Å². The molecule has 1 aromatic carbocycles. The summed E-state index contributed by atoms with van der Waals surface area (Å²) in [5.41, 5.74) is 8.51. The standard InChI is InChI=1S/C13H16N2S/c1-10-9-16-13(15-10)12(14)8-7-11-5-3-2-4-6-11/h2-6,9,12H,7-8,14H2,1H3. The van der Waals surface area contributed by atoms with Gasteiger partial charge in [-0.05, 0) is 25.3 Å². The maximum Gasteiger partial charge on any atom is 0.110 e. The quantitative estimate of drug-likeness (QED) is 0.879. The van der Waals surface area contributed by atoms with E-state index in [1.165, 1.54) is 5.56 Å². The molecular weight excluding hydrogens is 216 g/mol. The smallest absolute Gasteiger partial charge is 0.110 e. The van der Waals surface area contributed by atoms with E-state index in [1.807, 2.05) is 13.0 Å². The number of hydrogen-bond acceptors (Lipinski definition) is 3. The minimum Gasteiger partial charge on any atom is -0.322 e. The molecule has 1 heterocycles. The second-order valence-corrected chi connectivity index (χ2v) is 4.85. The minimum atomic E-state index is 0.0684. The minimum absolute atomic E-state index is 0.0684. The van der Waals surface area contributed by atoms with E-state index in [0.717, 1.165) is 23.5 Å². The molecule has 0 saturated heterocycles. The first-order chi connectivity index (χ1) is 7.75. The first-order valence-corrected chi connectivity index (χ1v) is 6.35. The Morgan fingerprint density at radius 1 is 1.31 bits per heavy atom. The van der Waals surface area contributed by atoms with Crippen molar-refractivity contribution in [2.45, 2.75) is 25.8 Å². The molecule has 2 nitrogen and oxygen atoms in total. The van der Waals surface area contributed by atoms with Crippen LogP contribution in [0.5, 0.6) is 0 Å². The summed E-state index contributed by atoms with van der Waals surface area (Å²) in [5, 5.41) is 3.10. The lowest BCUT2D eigenvalue weighted by Gasteiger charge is -2.07. The first kappa shape index (κ1) is 11.3. The zero-order valence-electron chi connectivity index (χ0n) is 9.39. The molecule has 0 spiro atoms. The highest BCUT2D eigenvalue weighted by atomic mass is 32.1. The van der Waals surface area contributed by atoms with Crippen molar-refractivity contribution in [2.75, 3.05) is 0 Å². The van der Waals surface area contributed by atoms with Crippen LogP contribution in [-0.4, -0.2) is 4.98 Å². The largest absolute Gasteiger partial charge is 0.322 e. The van der Waals surface area contributed by atoms with Crippen LogP contribution in [0.3, 0.4) is 0 Å². The van der Waals surface area contributed by atoms with E-state index in [2.05, 4.69) is 34.6 Å². The molecule has 84 valence electrons. The summed E-state index contributed by atoms with van der Waals surface area (Å²) in [5.74, 6) is 0. The molecular formula is C13H16N2S. The molecule has 1 atom stereocenters. The van der Waals surface area contributed by atoms with Crippen molar-refractivity contribution in [3.63, 3.8) is 0 Å². The third-order valence-electron chi connectivity index (χ3n) is 2.54. The van der Waals surface area contributed by atoms with E-state index in [4.69, 9.17) is 5.73 Å². The summed E-state index contributed by atoms with van der Waals surface area (Å²) in [6, 6.07) is 10.5. The fraction of sp³-hybridized carbons (Fsp3) is 0.308. The van der Waals surface area contributed by atoms with Gasteiger partial charge in [0.25, 0.3) is 0 Å². The topological polar surface area (TPSA) is 38.9 Å². The molecule has 2 rings (SSSR count). The van der Waals surface area contributed by atoms with Gasteiger partial charge in [0, 0.05) is 11.1 Å². The molecule has 0 saturated carbocycles. The number of benzene rings is 1.